The summed E-state index contributed by atoms with van der Waals surface area (Å²) in [5.74, 6) is 0.565. The van der Waals surface area contributed by atoms with Gasteiger partial charge in [-0.25, -0.2) is 18.2 Å². The van der Waals surface area contributed by atoms with Crippen LogP contribution in [0.2, 0.25) is 0 Å². The molecule has 0 aliphatic carbocycles. The second-order valence-corrected chi connectivity index (χ2v) is 12.8. The Labute approximate surface area is 227 Å². The van der Waals surface area contributed by atoms with Gasteiger partial charge in [-0.05, 0) is 62.1 Å². The van der Waals surface area contributed by atoms with Crippen LogP contribution >= 0.6 is 11.3 Å². The van der Waals surface area contributed by atoms with Gasteiger partial charge in [0.1, 0.15) is 5.75 Å². The van der Waals surface area contributed by atoms with E-state index in [0.717, 1.165) is 10.3 Å². The predicted octanol–water partition coefficient (Wildman–Crippen LogP) is 4.01. The average Bonchev–Trinajstić information content (AvgIpc) is 3.23. The van der Waals surface area contributed by atoms with Crippen LogP contribution in [0.1, 0.15) is 33.3 Å². The van der Waals surface area contributed by atoms with Crippen LogP contribution in [0, 0.1) is 5.92 Å². The van der Waals surface area contributed by atoms with Crippen molar-refractivity contribution in [1.82, 2.24) is 14.6 Å². The number of rotatable bonds is 13. The Hall–Kier alpha value is -2.93. The number of fused-ring (bicyclic) bond motifs is 1. The predicted molar refractivity (Wildman–Crippen MR) is 150 cm³/mol. The number of methoxy groups -OCH3 is 1. The van der Waals surface area contributed by atoms with Gasteiger partial charge in [-0.1, -0.05) is 37.3 Å². The topological polar surface area (TPSA) is 141 Å². The number of aliphatic hydroxyl groups is 1. The quantitative estimate of drug-likeness (QED) is 0.244. The first-order valence-electron chi connectivity index (χ1n) is 12.4. The van der Waals surface area contributed by atoms with Gasteiger partial charge in [-0.15, -0.1) is 0 Å². The molecule has 0 fully saturated rings. The highest BCUT2D eigenvalue weighted by atomic mass is 32.2. The van der Waals surface area contributed by atoms with Crippen molar-refractivity contribution in [2.45, 2.75) is 57.2 Å². The first kappa shape index (κ1) is 29.6. The van der Waals surface area contributed by atoms with E-state index in [1.165, 1.54) is 28.8 Å². The largest absolute Gasteiger partial charge is 0.497 e. The number of benzene rings is 2. The third-order valence-corrected chi connectivity index (χ3v) is 8.51. The summed E-state index contributed by atoms with van der Waals surface area (Å²) in [5, 5.41) is 26.8. The molecule has 3 aromatic rings. The maximum Gasteiger partial charge on any atom is 0.404 e. The van der Waals surface area contributed by atoms with Gasteiger partial charge in [-0.2, -0.15) is 4.31 Å². The van der Waals surface area contributed by atoms with Gasteiger partial charge in [-0.3, -0.25) is 0 Å². The minimum atomic E-state index is -4.01. The van der Waals surface area contributed by atoms with E-state index in [-0.39, 0.29) is 36.4 Å². The van der Waals surface area contributed by atoms with Gasteiger partial charge in [0.05, 0.1) is 34.4 Å². The van der Waals surface area contributed by atoms with E-state index in [2.05, 4.69) is 15.6 Å². The maximum absolute atomic E-state index is 13.7. The SMILES string of the molecule is COc1cccc(C[C@H](NC(=O)O)[C@H](O)CN(CC(C)C)S(=O)(=O)c2ccc3nc(NC(C)C)sc3c2)c1. The number of anilines is 1. The van der Waals surface area contributed by atoms with E-state index < -0.39 is 28.3 Å². The van der Waals surface area contributed by atoms with Crippen molar-refractivity contribution in [3.63, 3.8) is 0 Å². The summed E-state index contributed by atoms with van der Waals surface area (Å²) in [5.41, 5.74) is 1.43. The van der Waals surface area contributed by atoms with Crippen LogP contribution in [-0.4, -0.2) is 72.4 Å². The van der Waals surface area contributed by atoms with Crippen LogP contribution in [0.5, 0.6) is 5.75 Å². The van der Waals surface area contributed by atoms with E-state index >= 15 is 0 Å². The fraction of sp³-hybridized carbons (Fsp3) is 0.462. The van der Waals surface area contributed by atoms with E-state index in [1.807, 2.05) is 27.7 Å². The molecule has 2 atom stereocenters. The molecule has 0 saturated heterocycles. The molecule has 0 bridgehead atoms. The van der Waals surface area contributed by atoms with Crippen molar-refractivity contribution in [2.24, 2.45) is 5.92 Å². The smallest absolute Gasteiger partial charge is 0.404 e. The second kappa shape index (κ2) is 12.7. The van der Waals surface area contributed by atoms with Gasteiger partial charge in [0, 0.05) is 19.1 Å². The molecule has 0 unspecified atom stereocenters. The average molecular weight is 565 g/mol. The van der Waals surface area contributed by atoms with E-state index in [4.69, 9.17) is 4.74 Å². The van der Waals surface area contributed by atoms with Crippen molar-refractivity contribution in [3.8, 4) is 5.75 Å². The van der Waals surface area contributed by atoms with Gasteiger partial charge in [0.15, 0.2) is 5.13 Å². The Kier molecular flexibility index (Phi) is 9.94. The summed E-state index contributed by atoms with van der Waals surface area (Å²) in [6, 6.07) is 11.1. The molecule has 0 aliphatic rings. The number of nitrogens with zero attached hydrogens (tertiary/aromatic N) is 2. The molecule has 10 nitrogen and oxygen atoms in total. The molecule has 1 amide bonds. The fourth-order valence-corrected chi connectivity index (χ4v) is 6.81. The van der Waals surface area contributed by atoms with Crippen LogP contribution in [0.4, 0.5) is 9.93 Å². The van der Waals surface area contributed by atoms with Crippen LogP contribution in [0.15, 0.2) is 47.4 Å². The first-order valence-corrected chi connectivity index (χ1v) is 14.6. The summed E-state index contributed by atoms with van der Waals surface area (Å²) in [6.45, 7) is 7.63. The lowest BCUT2D eigenvalue weighted by Gasteiger charge is -2.30. The fourth-order valence-electron chi connectivity index (χ4n) is 4.03. The Morgan fingerprint density at radius 2 is 1.87 bits per heavy atom. The lowest BCUT2D eigenvalue weighted by Crippen LogP contribution is -2.50. The molecular weight excluding hydrogens is 528 g/mol. The van der Waals surface area contributed by atoms with E-state index in [1.54, 1.807) is 36.4 Å². The van der Waals surface area contributed by atoms with E-state index in [0.29, 0.717) is 16.4 Å². The van der Waals surface area contributed by atoms with Crippen molar-refractivity contribution in [1.29, 1.82) is 0 Å². The highest BCUT2D eigenvalue weighted by Crippen LogP contribution is 2.30. The number of amides is 1. The van der Waals surface area contributed by atoms with Crippen LogP contribution in [0.3, 0.4) is 0 Å². The number of aromatic nitrogens is 1. The summed E-state index contributed by atoms with van der Waals surface area (Å²) in [7, 11) is -2.48. The second-order valence-electron chi connectivity index (χ2n) is 9.84. The van der Waals surface area contributed by atoms with Crippen molar-refractivity contribution < 1.29 is 28.2 Å². The first-order chi connectivity index (χ1) is 17.9. The Morgan fingerprint density at radius 1 is 1.13 bits per heavy atom. The highest BCUT2D eigenvalue weighted by Gasteiger charge is 2.31. The minimum absolute atomic E-state index is 0.0322. The molecule has 2 aromatic carbocycles. The molecule has 38 heavy (non-hydrogen) atoms. The molecule has 1 aromatic heterocycles. The molecule has 208 valence electrons. The molecule has 3 rings (SSSR count). The summed E-state index contributed by atoms with van der Waals surface area (Å²) in [6.07, 6.45) is -2.46. The number of hydrogen-bond donors (Lipinski definition) is 4. The molecule has 0 radical (unpaired) electrons. The highest BCUT2D eigenvalue weighted by molar-refractivity contribution is 7.89. The summed E-state index contributed by atoms with van der Waals surface area (Å²) < 4.78 is 34.7. The lowest BCUT2D eigenvalue weighted by molar-refractivity contribution is 0.0980. The molecule has 1 heterocycles. The third kappa shape index (κ3) is 7.79. The van der Waals surface area contributed by atoms with Crippen LogP contribution in [0.25, 0.3) is 10.2 Å². The number of hydrogen-bond acceptors (Lipinski definition) is 8. The van der Waals surface area contributed by atoms with Crippen molar-refractivity contribution >= 4 is 42.8 Å². The van der Waals surface area contributed by atoms with Gasteiger partial charge in [0.25, 0.3) is 0 Å². The standard InChI is InChI=1S/C26H36N4O6S2/c1-16(2)14-30(15-23(31)22(29-26(32)33)12-18-7-6-8-19(11-18)36-5)38(34,35)20-9-10-21-24(13-20)37-25(28-21)27-17(3)4/h6-11,13,16-17,22-23,29,31H,12,14-15H2,1-5H3,(H,27,28)(H,32,33)/t22-,23+/m0/s1. The molecule has 12 heteroatoms. The van der Waals surface area contributed by atoms with Gasteiger partial charge < -0.3 is 25.6 Å². The minimum Gasteiger partial charge on any atom is -0.497 e. The number of carbonyl (C=O) groups is 1. The Balaban J connectivity index is 1.89. The molecule has 0 spiro atoms. The number of sulfonamides is 1. The van der Waals surface area contributed by atoms with Crippen molar-refractivity contribution in [2.75, 3.05) is 25.5 Å². The number of ether oxygens (including phenoxy) is 1. The van der Waals surface area contributed by atoms with Gasteiger partial charge >= 0.3 is 6.09 Å². The van der Waals surface area contributed by atoms with Crippen molar-refractivity contribution in [3.05, 3.63) is 48.0 Å². The zero-order chi connectivity index (χ0) is 28.0. The van der Waals surface area contributed by atoms with E-state index in [9.17, 15) is 23.4 Å². The Bertz CT molecular complexity index is 1340. The third-order valence-electron chi connectivity index (χ3n) is 5.73. The van der Waals surface area contributed by atoms with Gasteiger partial charge in [0.2, 0.25) is 10.0 Å². The zero-order valence-corrected chi connectivity index (χ0v) is 23.8. The van der Waals surface area contributed by atoms with Crippen LogP contribution in [-0.2, 0) is 16.4 Å². The summed E-state index contributed by atoms with van der Waals surface area (Å²) >= 11 is 1.37. The number of thiazole rings is 1. The Morgan fingerprint density at radius 3 is 2.50 bits per heavy atom. The number of aliphatic hydroxyl groups excluding tert-OH is 1. The molecule has 0 saturated carbocycles. The number of carboxylic acid groups (broad SMARTS) is 1. The lowest BCUT2D eigenvalue weighted by atomic mass is 10.0. The molecular formula is C26H36N4O6S2. The summed E-state index contributed by atoms with van der Waals surface area (Å²) in [4.78, 5) is 16.1. The number of nitrogens with one attached hydrogen (secondary N) is 2. The monoisotopic (exact) mass is 564 g/mol. The molecule has 0 aliphatic heterocycles. The van der Waals surface area contributed by atoms with Crippen LogP contribution < -0.4 is 15.4 Å². The maximum atomic E-state index is 13.7. The normalized spacial score (nSPS) is 13.7. The molecule has 4 N–H and O–H groups in total. The zero-order valence-electron chi connectivity index (χ0n) is 22.2.